The number of hydrogen-bond donors (Lipinski definition) is 0. The predicted molar refractivity (Wildman–Crippen MR) is 129 cm³/mol. The van der Waals surface area contributed by atoms with Crippen LogP contribution >= 0.6 is 0 Å². The Bertz CT molecular complexity index is 1490. The van der Waals surface area contributed by atoms with E-state index in [1.165, 1.54) is 12.3 Å². The number of nitrogens with zero attached hydrogens (tertiary/aromatic N) is 2. The van der Waals surface area contributed by atoms with Gasteiger partial charge in [0, 0.05) is 17.8 Å². The fourth-order valence-corrected chi connectivity index (χ4v) is 4.94. The van der Waals surface area contributed by atoms with Crippen molar-refractivity contribution in [3.05, 3.63) is 108 Å². The zero-order valence-electron chi connectivity index (χ0n) is 18.6. The van der Waals surface area contributed by atoms with Crippen molar-refractivity contribution < 1.29 is 27.1 Å². The molecule has 9 heteroatoms. The van der Waals surface area contributed by atoms with Gasteiger partial charge >= 0.3 is 5.97 Å². The Morgan fingerprint density at radius 1 is 0.914 bits per heavy atom. The van der Waals surface area contributed by atoms with Crippen LogP contribution in [-0.4, -0.2) is 27.3 Å². The summed E-state index contributed by atoms with van der Waals surface area (Å²) in [4.78, 5) is 14.2. The Hall–Kier alpha value is -4.37. The van der Waals surface area contributed by atoms with Crippen molar-refractivity contribution in [2.24, 2.45) is 4.40 Å². The Balaban J connectivity index is 1.49. The van der Waals surface area contributed by atoms with Gasteiger partial charge in [0.05, 0.1) is 13.4 Å². The van der Waals surface area contributed by atoms with Gasteiger partial charge < -0.3 is 18.8 Å². The van der Waals surface area contributed by atoms with Gasteiger partial charge in [-0.1, -0.05) is 24.3 Å². The van der Waals surface area contributed by atoms with E-state index in [0.29, 0.717) is 35.1 Å². The van der Waals surface area contributed by atoms with E-state index in [-0.39, 0.29) is 10.7 Å². The van der Waals surface area contributed by atoms with Crippen molar-refractivity contribution in [3.63, 3.8) is 0 Å². The highest BCUT2D eigenvalue weighted by Crippen LogP contribution is 2.32. The molecule has 4 aromatic rings. The summed E-state index contributed by atoms with van der Waals surface area (Å²) in [6.45, 7) is 0.345. The Labute approximate surface area is 202 Å². The highest BCUT2D eigenvalue weighted by Gasteiger charge is 2.32. The van der Waals surface area contributed by atoms with E-state index in [1.54, 1.807) is 61.7 Å². The van der Waals surface area contributed by atoms with E-state index in [0.717, 1.165) is 5.56 Å². The third kappa shape index (κ3) is 4.53. The largest absolute Gasteiger partial charge is 0.497 e. The third-order valence-electron chi connectivity index (χ3n) is 5.45. The van der Waals surface area contributed by atoms with Gasteiger partial charge in [-0.3, -0.25) is 0 Å². The predicted octanol–water partition coefficient (Wildman–Crippen LogP) is 4.66. The minimum absolute atomic E-state index is 0.0948. The van der Waals surface area contributed by atoms with Crippen LogP contribution in [0.2, 0.25) is 0 Å². The number of rotatable bonds is 6. The number of anilines is 1. The number of fused-ring (bicyclic) bond motifs is 1. The molecule has 1 aliphatic heterocycles. The summed E-state index contributed by atoms with van der Waals surface area (Å²) in [5, 5.41) is 0. The van der Waals surface area contributed by atoms with Gasteiger partial charge in [0.1, 0.15) is 16.4 Å². The first-order valence-electron chi connectivity index (χ1n) is 10.7. The molecule has 3 aromatic carbocycles. The molecule has 0 amide bonds. The minimum Gasteiger partial charge on any atom is -0.497 e. The monoisotopic (exact) mass is 488 g/mol. The number of esters is 1. The number of furan rings is 1. The molecule has 1 aliphatic rings. The van der Waals surface area contributed by atoms with Crippen LogP contribution in [0.25, 0.3) is 0 Å². The lowest BCUT2D eigenvalue weighted by atomic mass is 10.1. The van der Waals surface area contributed by atoms with E-state index < -0.39 is 16.0 Å². The number of benzene rings is 3. The average molecular weight is 489 g/mol. The fraction of sp³-hybridized carbons (Fsp3) is 0.0769. The van der Waals surface area contributed by atoms with Crippen molar-refractivity contribution in [3.8, 4) is 11.5 Å². The quantitative estimate of drug-likeness (QED) is 0.287. The molecule has 2 heterocycles. The van der Waals surface area contributed by atoms with Crippen molar-refractivity contribution >= 4 is 27.5 Å². The minimum atomic E-state index is -3.81. The lowest BCUT2D eigenvalue weighted by Crippen LogP contribution is -2.30. The second-order valence-electron chi connectivity index (χ2n) is 7.68. The molecule has 1 aromatic heterocycles. The highest BCUT2D eigenvalue weighted by atomic mass is 32.2. The van der Waals surface area contributed by atoms with Gasteiger partial charge in [-0.05, 0) is 66.2 Å². The number of sulfonamides is 1. The van der Waals surface area contributed by atoms with Crippen LogP contribution in [0.3, 0.4) is 0 Å². The van der Waals surface area contributed by atoms with E-state index in [4.69, 9.17) is 13.9 Å². The van der Waals surface area contributed by atoms with Crippen LogP contribution in [0.5, 0.6) is 11.5 Å². The second kappa shape index (κ2) is 9.11. The first-order chi connectivity index (χ1) is 16.9. The molecule has 0 aliphatic carbocycles. The molecular formula is C26H20N2O6S. The van der Waals surface area contributed by atoms with Crippen molar-refractivity contribution in [1.82, 2.24) is 0 Å². The molecule has 0 unspecified atom stereocenters. The molecule has 0 spiro atoms. The molecule has 176 valence electrons. The topological polar surface area (TPSA) is 98.4 Å². The average Bonchev–Trinajstić information content (AvgIpc) is 3.51. The van der Waals surface area contributed by atoms with Crippen LogP contribution in [0, 0.1) is 0 Å². The molecule has 35 heavy (non-hydrogen) atoms. The summed E-state index contributed by atoms with van der Waals surface area (Å²) >= 11 is 0. The molecule has 0 fully saturated rings. The zero-order valence-corrected chi connectivity index (χ0v) is 19.4. The molecule has 0 atom stereocenters. The summed E-state index contributed by atoms with van der Waals surface area (Å²) < 4.78 is 45.2. The Morgan fingerprint density at radius 2 is 1.63 bits per heavy atom. The number of ether oxygens (including phenoxy) is 2. The standard InChI is InChI=1S/C26H20N2O6S/c1-32-20-12-8-18(9-13-20)17-28(25-22-5-2-3-7-24(22)35(30,31)27-25)19-10-14-21(15-11-19)34-26(29)23-6-4-16-33-23/h2-16H,17H2,1H3. The molecule has 8 nitrogen and oxygen atoms in total. The SMILES string of the molecule is COc1ccc(CN(C2=NS(=O)(=O)c3ccccc32)c2ccc(OC(=O)c3ccco3)cc2)cc1. The van der Waals surface area contributed by atoms with Crippen LogP contribution in [-0.2, 0) is 16.6 Å². The molecule has 0 radical (unpaired) electrons. The molecule has 0 N–H and O–H groups in total. The lowest BCUT2D eigenvalue weighted by Gasteiger charge is -2.25. The summed E-state index contributed by atoms with van der Waals surface area (Å²) in [5.74, 6) is 0.835. The summed E-state index contributed by atoms with van der Waals surface area (Å²) in [6, 6.07) is 24.1. The van der Waals surface area contributed by atoms with Gasteiger partial charge in [0.15, 0.2) is 5.84 Å². The van der Waals surface area contributed by atoms with Crippen LogP contribution in [0.15, 0.2) is 105 Å². The van der Waals surface area contributed by atoms with E-state index >= 15 is 0 Å². The van der Waals surface area contributed by atoms with Crippen molar-refractivity contribution in [1.29, 1.82) is 0 Å². The van der Waals surface area contributed by atoms with Gasteiger partial charge in [0.25, 0.3) is 10.0 Å². The highest BCUT2D eigenvalue weighted by molar-refractivity contribution is 7.90. The molecular weight excluding hydrogens is 468 g/mol. The molecule has 0 saturated heterocycles. The summed E-state index contributed by atoms with van der Waals surface area (Å²) in [7, 11) is -2.22. The second-order valence-corrected chi connectivity index (χ2v) is 9.25. The number of amidine groups is 1. The maximum Gasteiger partial charge on any atom is 0.379 e. The van der Waals surface area contributed by atoms with Gasteiger partial charge in [-0.25, -0.2) is 4.79 Å². The Kier molecular flexibility index (Phi) is 5.84. The van der Waals surface area contributed by atoms with E-state index in [1.807, 2.05) is 29.2 Å². The van der Waals surface area contributed by atoms with E-state index in [9.17, 15) is 13.2 Å². The normalized spacial score (nSPS) is 13.6. The smallest absolute Gasteiger partial charge is 0.379 e. The van der Waals surface area contributed by atoms with Crippen molar-refractivity contribution in [2.75, 3.05) is 12.0 Å². The van der Waals surface area contributed by atoms with Crippen LogP contribution < -0.4 is 14.4 Å². The number of carbonyl (C=O) groups excluding carboxylic acids is 1. The number of hydrogen-bond acceptors (Lipinski definition) is 7. The molecule has 0 bridgehead atoms. The van der Waals surface area contributed by atoms with E-state index in [2.05, 4.69) is 4.40 Å². The Morgan fingerprint density at radius 3 is 2.31 bits per heavy atom. The van der Waals surface area contributed by atoms with Gasteiger partial charge in [-0.2, -0.15) is 8.42 Å². The molecule has 5 rings (SSSR count). The lowest BCUT2D eigenvalue weighted by molar-refractivity contribution is 0.0701. The van der Waals surface area contributed by atoms with Crippen LogP contribution in [0.4, 0.5) is 5.69 Å². The maximum absolute atomic E-state index is 12.7. The van der Waals surface area contributed by atoms with Crippen LogP contribution in [0.1, 0.15) is 21.7 Å². The number of carbonyl (C=O) groups is 1. The third-order valence-corrected chi connectivity index (χ3v) is 6.77. The fourth-order valence-electron chi connectivity index (χ4n) is 3.73. The first-order valence-corrected chi connectivity index (χ1v) is 12.1. The maximum atomic E-state index is 12.7. The summed E-state index contributed by atoms with van der Waals surface area (Å²) in [6.07, 6.45) is 1.39. The van der Waals surface area contributed by atoms with Gasteiger partial charge in [-0.15, -0.1) is 4.40 Å². The zero-order chi connectivity index (χ0) is 24.4. The number of methoxy groups -OCH3 is 1. The summed E-state index contributed by atoms with van der Waals surface area (Å²) in [5.41, 5.74) is 2.11. The van der Waals surface area contributed by atoms with Crippen molar-refractivity contribution in [2.45, 2.75) is 11.4 Å². The molecule has 0 saturated carbocycles. The van der Waals surface area contributed by atoms with Gasteiger partial charge in [0.2, 0.25) is 5.76 Å². The first kappa shape index (κ1) is 22.4.